The Morgan fingerprint density at radius 2 is 2.00 bits per heavy atom. The van der Waals surface area contributed by atoms with Crippen LogP contribution in [0, 0.1) is 5.41 Å². The quantitative estimate of drug-likeness (QED) is 0.654. The van der Waals surface area contributed by atoms with Crippen LogP contribution in [0.1, 0.15) is 32.6 Å². The fourth-order valence-corrected chi connectivity index (χ4v) is 2.35. The first-order valence-corrected chi connectivity index (χ1v) is 7.42. The van der Waals surface area contributed by atoms with Crippen molar-refractivity contribution in [3.63, 3.8) is 0 Å². The number of hydrogen-bond acceptors (Lipinski definition) is 3. The average Bonchev–Trinajstić information content (AvgIpc) is 2.79. The number of rotatable bonds is 7. The maximum absolute atomic E-state index is 10.9. The van der Waals surface area contributed by atoms with Crippen LogP contribution in [0.15, 0.2) is 0 Å². The smallest absolute Gasteiger partial charge is 0.148 e. The highest BCUT2D eigenvalue weighted by molar-refractivity contribution is 7.90. The lowest BCUT2D eigenvalue weighted by Gasteiger charge is -2.14. The Morgan fingerprint density at radius 1 is 1.36 bits per heavy atom. The van der Waals surface area contributed by atoms with E-state index >= 15 is 0 Å². The van der Waals surface area contributed by atoms with Crippen LogP contribution in [0.4, 0.5) is 0 Å². The Morgan fingerprint density at radius 3 is 2.43 bits per heavy atom. The van der Waals surface area contributed by atoms with Crippen LogP contribution in [0.5, 0.6) is 0 Å². The van der Waals surface area contributed by atoms with Crippen molar-refractivity contribution in [2.75, 3.05) is 25.1 Å². The third-order valence-corrected chi connectivity index (χ3v) is 3.83. The molecule has 3 nitrogen and oxygen atoms in total. The van der Waals surface area contributed by atoms with E-state index in [-0.39, 0.29) is 5.75 Å². The summed E-state index contributed by atoms with van der Waals surface area (Å²) in [6.45, 7) is 3.80. The Balaban J connectivity index is 2.10. The van der Waals surface area contributed by atoms with Gasteiger partial charge in [-0.2, -0.15) is 0 Å². The molecule has 0 aromatic rings. The van der Waals surface area contributed by atoms with E-state index in [1.165, 1.54) is 31.9 Å². The molecule has 1 N–H and O–H groups in total. The summed E-state index contributed by atoms with van der Waals surface area (Å²) >= 11 is 0. The molecule has 0 heterocycles. The zero-order chi connectivity index (χ0) is 10.7. The Kier molecular flexibility index (Phi) is 3.95. The SMILES string of the molecule is CCCC1(CNCCS(C)(=O)=O)CC1. The van der Waals surface area contributed by atoms with Gasteiger partial charge in [0, 0.05) is 19.3 Å². The summed E-state index contributed by atoms with van der Waals surface area (Å²) < 4.78 is 21.7. The molecular weight excluding hydrogens is 198 g/mol. The highest BCUT2D eigenvalue weighted by atomic mass is 32.2. The molecule has 1 aliphatic carbocycles. The molecule has 0 spiro atoms. The Bertz CT molecular complexity index is 268. The van der Waals surface area contributed by atoms with Crippen LogP contribution in [-0.4, -0.2) is 33.5 Å². The van der Waals surface area contributed by atoms with Crippen molar-refractivity contribution in [2.45, 2.75) is 32.6 Å². The van der Waals surface area contributed by atoms with Gasteiger partial charge < -0.3 is 5.32 Å². The van der Waals surface area contributed by atoms with Crippen LogP contribution >= 0.6 is 0 Å². The van der Waals surface area contributed by atoms with E-state index in [1.54, 1.807) is 0 Å². The van der Waals surface area contributed by atoms with E-state index in [0.717, 1.165) is 6.54 Å². The number of sulfone groups is 1. The molecule has 0 aromatic heterocycles. The minimum atomic E-state index is -2.80. The van der Waals surface area contributed by atoms with E-state index in [1.807, 2.05) is 0 Å². The van der Waals surface area contributed by atoms with E-state index in [2.05, 4.69) is 12.2 Å². The lowest BCUT2D eigenvalue weighted by molar-refractivity contribution is 0.427. The minimum Gasteiger partial charge on any atom is -0.315 e. The predicted molar refractivity (Wildman–Crippen MR) is 59.2 cm³/mol. The second-order valence-electron chi connectivity index (χ2n) is 4.56. The van der Waals surface area contributed by atoms with Gasteiger partial charge in [-0.05, 0) is 24.7 Å². The monoisotopic (exact) mass is 219 g/mol. The molecule has 4 heteroatoms. The molecule has 14 heavy (non-hydrogen) atoms. The van der Waals surface area contributed by atoms with Crippen LogP contribution in [-0.2, 0) is 9.84 Å². The van der Waals surface area contributed by atoms with Gasteiger partial charge >= 0.3 is 0 Å². The molecule has 0 aliphatic heterocycles. The summed E-state index contributed by atoms with van der Waals surface area (Å²) in [7, 11) is -2.80. The standard InChI is InChI=1S/C10H21NO2S/c1-3-4-10(5-6-10)9-11-7-8-14(2,12)13/h11H,3-9H2,1-2H3. The summed E-state index contributed by atoms with van der Waals surface area (Å²) in [5, 5.41) is 3.25. The Labute approximate surface area is 87.2 Å². The summed E-state index contributed by atoms with van der Waals surface area (Å²) in [5.41, 5.74) is 0.520. The van der Waals surface area contributed by atoms with Gasteiger partial charge in [-0.25, -0.2) is 8.42 Å². The normalized spacial score (nSPS) is 19.6. The molecule has 1 rings (SSSR count). The second kappa shape index (κ2) is 4.62. The molecule has 0 atom stereocenters. The third kappa shape index (κ3) is 4.42. The van der Waals surface area contributed by atoms with Crippen molar-refractivity contribution in [2.24, 2.45) is 5.41 Å². The molecule has 0 unspecified atom stereocenters. The maximum atomic E-state index is 10.9. The molecule has 0 amide bonds. The van der Waals surface area contributed by atoms with Crippen molar-refractivity contribution < 1.29 is 8.42 Å². The molecule has 0 aromatic carbocycles. The lowest BCUT2D eigenvalue weighted by Crippen LogP contribution is -2.28. The van der Waals surface area contributed by atoms with Gasteiger partial charge in [0.2, 0.25) is 0 Å². The number of hydrogen-bond donors (Lipinski definition) is 1. The molecule has 0 bridgehead atoms. The summed E-state index contributed by atoms with van der Waals surface area (Å²) in [4.78, 5) is 0. The van der Waals surface area contributed by atoms with Crippen molar-refractivity contribution in [3.8, 4) is 0 Å². The van der Waals surface area contributed by atoms with E-state index in [4.69, 9.17) is 0 Å². The average molecular weight is 219 g/mol. The van der Waals surface area contributed by atoms with Crippen molar-refractivity contribution in [3.05, 3.63) is 0 Å². The van der Waals surface area contributed by atoms with E-state index < -0.39 is 9.84 Å². The van der Waals surface area contributed by atoms with Gasteiger partial charge in [-0.15, -0.1) is 0 Å². The van der Waals surface area contributed by atoms with Crippen molar-refractivity contribution >= 4 is 9.84 Å². The van der Waals surface area contributed by atoms with Gasteiger partial charge in [-0.3, -0.25) is 0 Å². The van der Waals surface area contributed by atoms with E-state index in [9.17, 15) is 8.42 Å². The van der Waals surface area contributed by atoms with Gasteiger partial charge in [-0.1, -0.05) is 13.3 Å². The maximum Gasteiger partial charge on any atom is 0.148 e. The first-order valence-electron chi connectivity index (χ1n) is 5.36. The first kappa shape index (κ1) is 12.0. The molecule has 0 radical (unpaired) electrons. The summed E-state index contributed by atoms with van der Waals surface area (Å²) in [6, 6.07) is 0. The molecule has 1 saturated carbocycles. The topological polar surface area (TPSA) is 46.2 Å². The lowest BCUT2D eigenvalue weighted by atomic mass is 10.0. The third-order valence-electron chi connectivity index (χ3n) is 2.89. The zero-order valence-corrected chi connectivity index (χ0v) is 9.99. The molecular formula is C10H21NO2S. The van der Waals surface area contributed by atoms with Crippen LogP contribution in [0.3, 0.4) is 0 Å². The summed E-state index contributed by atoms with van der Waals surface area (Å²) in [5.74, 6) is 0.259. The fraction of sp³-hybridized carbons (Fsp3) is 1.00. The summed E-state index contributed by atoms with van der Waals surface area (Å²) in [6.07, 6.45) is 6.42. The molecule has 84 valence electrons. The van der Waals surface area contributed by atoms with Crippen LogP contribution < -0.4 is 5.32 Å². The minimum absolute atomic E-state index is 0.259. The zero-order valence-electron chi connectivity index (χ0n) is 9.17. The largest absolute Gasteiger partial charge is 0.315 e. The van der Waals surface area contributed by atoms with Gasteiger partial charge in [0.05, 0.1) is 5.75 Å². The molecule has 1 fully saturated rings. The molecule has 1 aliphatic rings. The fourth-order valence-electron chi connectivity index (χ4n) is 1.83. The highest BCUT2D eigenvalue weighted by Crippen LogP contribution is 2.48. The Hall–Kier alpha value is -0.0900. The van der Waals surface area contributed by atoms with E-state index in [0.29, 0.717) is 12.0 Å². The van der Waals surface area contributed by atoms with Crippen LogP contribution in [0.25, 0.3) is 0 Å². The molecule has 0 saturated heterocycles. The van der Waals surface area contributed by atoms with Crippen molar-refractivity contribution in [1.82, 2.24) is 5.32 Å². The van der Waals surface area contributed by atoms with Gasteiger partial charge in [0.15, 0.2) is 0 Å². The first-order chi connectivity index (χ1) is 6.47. The predicted octanol–water partition coefficient (Wildman–Crippen LogP) is 1.20. The van der Waals surface area contributed by atoms with Gasteiger partial charge in [0.1, 0.15) is 9.84 Å². The second-order valence-corrected chi connectivity index (χ2v) is 6.82. The highest BCUT2D eigenvalue weighted by Gasteiger charge is 2.40. The van der Waals surface area contributed by atoms with Gasteiger partial charge in [0.25, 0.3) is 0 Å². The number of nitrogens with one attached hydrogen (secondary N) is 1. The van der Waals surface area contributed by atoms with Crippen molar-refractivity contribution in [1.29, 1.82) is 0 Å². The van der Waals surface area contributed by atoms with Crippen LogP contribution in [0.2, 0.25) is 0 Å².